The van der Waals surface area contributed by atoms with Crippen molar-refractivity contribution in [1.29, 1.82) is 0 Å². The van der Waals surface area contributed by atoms with Gasteiger partial charge in [-0.3, -0.25) is 4.79 Å². The molecule has 5 nitrogen and oxygen atoms in total. The zero-order chi connectivity index (χ0) is 27.4. The van der Waals surface area contributed by atoms with E-state index in [1.165, 1.54) is 12.1 Å². The maximum Gasteiger partial charge on any atom is 0.416 e. The van der Waals surface area contributed by atoms with Gasteiger partial charge >= 0.3 is 6.18 Å². The number of amides is 1. The van der Waals surface area contributed by atoms with E-state index in [1.807, 2.05) is 53.4 Å². The summed E-state index contributed by atoms with van der Waals surface area (Å²) in [6, 6.07) is 22.7. The molecule has 200 valence electrons. The molecule has 9 heteroatoms. The van der Waals surface area contributed by atoms with E-state index < -0.39 is 11.7 Å². The van der Waals surface area contributed by atoms with E-state index >= 15 is 0 Å². The maximum absolute atomic E-state index is 13.6. The van der Waals surface area contributed by atoms with Gasteiger partial charge in [0.2, 0.25) is 0 Å². The summed E-state index contributed by atoms with van der Waals surface area (Å²) in [5, 5.41) is 6.41. The standard InChI is InChI=1S/C30H26ClF3N4O/c31-25-10-11-26(30(32,33)34)24(16-25)19-38-15-14-35-28-27(38)17-23(18-37-28)21-6-8-22(9-7-21)29(39)36-13-12-20-4-2-1-3-5-20/h1-11,16-18H,12-15,19H2,(H,35,37)(H,36,39). The highest BCUT2D eigenvalue weighted by molar-refractivity contribution is 6.30. The van der Waals surface area contributed by atoms with Crippen molar-refractivity contribution in [3.8, 4) is 11.1 Å². The lowest BCUT2D eigenvalue weighted by Gasteiger charge is -2.32. The molecular weight excluding hydrogens is 525 g/mol. The third kappa shape index (κ3) is 6.34. The predicted molar refractivity (Wildman–Crippen MR) is 148 cm³/mol. The number of alkyl halides is 3. The average Bonchev–Trinajstić information content (AvgIpc) is 2.93. The van der Waals surface area contributed by atoms with Crippen LogP contribution < -0.4 is 15.5 Å². The normalized spacial score (nSPS) is 13.0. The van der Waals surface area contributed by atoms with Crippen molar-refractivity contribution in [3.05, 3.63) is 112 Å². The van der Waals surface area contributed by atoms with Crippen LogP contribution in [-0.4, -0.2) is 30.5 Å². The molecule has 0 spiro atoms. The second-order valence-electron chi connectivity index (χ2n) is 9.31. The molecule has 1 aliphatic heterocycles. The Morgan fingerprint density at radius 1 is 1.00 bits per heavy atom. The minimum Gasteiger partial charge on any atom is -0.367 e. The van der Waals surface area contributed by atoms with Gasteiger partial charge in [0.15, 0.2) is 0 Å². The van der Waals surface area contributed by atoms with E-state index in [9.17, 15) is 18.0 Å². The van der Waals surface area contributed by atoms with Crippen LogP contribution in [0.25, 0.3) is 11.1 Å². The number of pyridine rings is 1. The molecule has 0 radical (unpaired) electrons. The van der Waals surface area contributed by atoms with E-state index in [0.29, 0.717) is 36.7 Å². The highest BCUT2D eigenvalue weighted by atomic mass is 35.5. The summed E-state index contributed by atoms with van der Waals surface area (Å²) < 4.78 is 40.9. The van der Waals surface area contributed by atoms with Gasteiger partial charge in [0, 0.05) is 48.5 Å². The monoisotopic (exact) mass is 550 g/mol. The molecule has 0 atom stereocenters. The summed E-state index contributed by atoms with van der Waals surface area (Å²) in [5.41, 5.74) is 3.44. The van der Waals surface area contributed by atoms with E-state index in [-0.39, 0.29) is 23.0 Å². The molecule has 5 rings (SSSR count). The van der Waals surface area contributed by atoms with Gasteiger partial charge < -0.3 is 15.5 Å². The van der Waals surface area contributed by atoms with Gasteiger partial charge in [-0.15, -0.1) is 0 Å². The molecule has 2 N–H and O–H groups in total. The third-order valence-corrected chi connectivity index (χ3v) is 6.87. The number of rotatable bonds is 7. The summed E-state index contributed by atoms with van der Waals surface area (Å²) in [6.07, 6.45) is -2.02. The van der Waals surface area contributed by atoms with Gasteiger partial charge in [-0.1, -0.05) is 54.1 Å². The molecule has 39 heavy (non-hydrogen) atoms. The van der Waals surface area contributed by atoms with Crippen molar-refractivity contribution in [2.75, 3.05) is 29.9 Å². The van der Waals surface area contributed by atoms with Crippen molar-refractivity contribution in [2.24, 2.45) is 0 Å². The summed E-state index contributed by atoms with van der Waals surface area (Å²) >= 11 is 6.04. The summed E-state index contributed by atoms with van der Waals surface area (Å²) in [4.78, 5) is 19.0. The van der Waals surface area contributed by atoms with Crippen LogP contribution >= 0.6 is 11.6 Å². The predicted octanol–water partition coefficient (Wildman–Crippen LogP) is 6.83. The lowest BCUT2D eigenvalue weighted by molar-refractivity contribution is -0.138. The number of carbonyl (C=O) groups excluding carboxylic acids is 1. The first-order valence-electron chi connectivity index (χ1n) is 12.5. The quantitative estimate of drug-likeness (QED) is 0.265. The van der Waals surface area contributed by atoms with Gasteiger partial charge in [0.05, 0.1) is 11.3 Å². The highest BCUT2D eigenvalue weighted by Gasteiger charge is 2.34. The first-order chi connectivity index (χ1) is 18.8. The van der Waals surface area contributed by atoms with Crippen molar-refractivity contribution in [2.45, 2.75) is 19.1 Å². The Morgan fingerprint density at radius 3 is 2.51 bits per heavy atom. The number of halogens is 4. The Hall–Kier alpha value is -4.04. The molecule has 1 aliphatic rings. The molecule has 0 saturated carbocycles. The van der Waals surface area contributed by atoms with Crippen molar-refractivity contribution < 1.29 is 18.0 Å². The van der Waals surface area contributed by atoms with Crippen LogP contribution in [0.5, 0.6) is 0 Å². The molecule has 0 saturated heterocycles. The van der Waals surface area contributed by atoms with Crippen molar-refractivity contribution >= 4 is 29.0 Å². The Balaban J connectivity index is 1.31. The fourth-order valence-corrected chi connectivity index (χ4v) is 4.83. The second kappa shape index (κ2) is 11.4. The smallest absolute Gasteiger partial charge is 0.367 e. The number of carbonyl (C=O) groups is 1. The molecule has 4 aromatic rings. The molecule has 3 aromatic carbocycles. The molecule has 0 aliphatic carbocycles. The van der Waals surface area contributed by atoms with Gasteiger partial charge in [0.1, 0.15) is 5.82 Å². The lowest BCUT2D eigenvalue weighted by Crippen LogP contribution is -2.34. The van der Waals surface area contributed by atoms with Gasteiger partial charge in [-0.25, -0.2) is 4.98 Å². The number of aromatic nitrogens is 1. The second-order valence-corrected chi connectivity index (χ2v) is 9.74. The first kappa shape index (κ1) is 26.6. The van der Waals surface area contributed by atoms with Crippen LogP contribution in [0.15, 0.2) is 85.1 Å². The topological polar surface area (TPSA) is 57.3 Å². The molecule has 0 unspecified atom stereocenters. The Kier molecular flexibility index (Phi) is 7.74. The largest absolute Gasteiger partial charge is 0.416 e. The zero-order valence-corrected chi connectivity index (χ0v) is 21.7. The minimum atomic E-state index is -4.48. The van der Waals surface area contributed by atoms with E-state index in [0.717, 1.165) is 29.2 Å². The zero-order valence-electron chi connectivity index (χ0n) is 20.9. The number of fused-ring (bicyclic) bond motifs is 1. The SMILES string of the molecule is O=C(NCCc1ccccc1)c1ccc(-c2cnc3c(c2)N(Cc2cc(Cl)ccc2C(F)(F)F)CCN3)cc1. The minimum absolute atomic E-state index is 0.0390. The summed E-state index contributed by atoms with van der Waals surface area (Å²) in [6.45, 7) is 1.63. The van der Waals surface area contributed by atoms with E-state index in [1.54, 1.807) is 18.3 Å². The number of anilines is 2. The van der Waals surface area contributed by atoms with Crippen LogP contribution in [0.4, 0.5) is 24.7 Å². The fraction of sp³-hybridized carbons (Fsp3) is 0.200. The van der Waals surface area contributed by atoms with Crippen LogP contribution in [0.2, 0.25) is 5.02 Å². The third-order valence-electron chi connectivity index (χ3n) is 6.64. The fourth-order valence-electron chi connectivity index (χ4n) is 4.64. The molecule has 0 fully saturated rings. The molecule has 2 heterocycles. The Morgan fingerprint density at radius 2 is 1.77 bits per heavy atom. The van der Waals surface area contributed by atoms with Crippen LogP contribution in [0, 0.1) is 0 Å². The van der Waals surface area contributed by atoms with E-state index in [2.05, 4.69) is 15.6 Å². The van der Waals surface area contributed by atoms with Gasteiger partial charge in [-0.2, -0.15) is 13.2 Å². The molecular formula is C30H26ClF3N4O. The number of hydrogen-bond donors (Lipinski definition) is 2. The highest BCUT2D eigenvalue weighted by Crippen LogP contribution is 2.37. The Bertz CT molecular complexity index is 1460. The Labute approximate surface area is 229 Å². The molecule has 1 aromatic heterocycles. The molecule has 0 bridgehead atoms. The van der Waals surface area contributed by atoms with Gasteiger partial charge in [-0.05, 0) is 59.5 Å². The number of hydrogen-bond acceptors (Lipinski definition) is 4. The maximum atomic E-state index is 13.6. The van der Waals surface area contributed by atoms with Crippen molar-refractivity contribution in [3.63, 3.8) is 0 Å². The van der Waals surface area contributed by atoms with E-state index in [4.69, 9.17) is 11.6 Å². The number of benzene rings is 3. The van der Waals surface area contributed by atoms with Crippen molar-refractivity contribution in [1.82, 2.24) is 10.3 Å². The first-order valence-corrected chi connectivity index (χ1v) is 12.9. The van der Waals surface area contributed by atoms with Crippen LogP contribution in [0.3, 0.4) is 0 Å². The number of nitrogens with one attached hydrogen (secondary N) is 2. The average molecular weight is 551 g/mol. The van der Waals surface area contributed by atoms with Crippen LogP contribution in [-0.2, 0) is 19.1 Å². The molecule has 1 amide bonds. The summed E-state index contributed by atoms with van der Waals surface area (Å²) in [5.74, 6) is 0.452. The lowest BCUT2D eigenvalue weighted by atomic mass is 10.0. The van der Waals surface area contributed by atoms with Crippen LogP contribution in [0.1, 0.15) is 27.0 Å². The summed E-state index contributed by atoms with van der Waals surface area (Å²) in [7, 11) is 0. The number of nitrogens with zero attached hydrogens (tertiary/aromatic N) is 2. The van der Waals surface area contributed by atoms with Gasteiger partial charge in [0.25, 0.3) is 5.91 Å².